The van der Waals surface area contributed by atoms with Gasteiger partial charge >= 0.3 is 0 Å². The van der Waals surface area contributed by atoms with Crippen LogP contribution < -0.4 is 5.32 Å². The van der Waals surface area contributed by atoms with Crippen LogP contribution in [-0.4, -0.2) is 6.04 Å². The third kappa shape index (κ3) is 2.93. The summed E-state index contributed by atoms with van der Waals surface area (Å²) in [6, 6.07) is 8.84. The van der Waals surface area contributed by atoms with Gasteiger partial charge < -0.3 is 5.32 Å². The molecule has 1 N–H and O–H groups in total. The predicted octanol–water partition coefficient (Wildman–Crippen LogP) is 5.22. The molecule has 5 heteroatoms. The maximum Gasteiger partial charge on any atom is 0.150 e. The Hall–Kier alpha value is -1.49. The molecule has 1 aliphatic rings. The van der Waals surface area contributed by atoms with Crippen molar-refractivity contribution in [2.75, 3.05) is 5.32 Å². The molecule has 0 atom stereocenters. The molecule has 0 radical (unpaired) electrons. The zero-order valence-electron chi connectivity index (χ0n) is 11.0. The maximum absolute atomic E-state index is 13.7. The first kappa shape index (κ1) is 14.4. The molecule has 110 valence electrons. The van der Waals surface area contributed by atoms with Crippen molar-refractivity contribution in [2.24, 2.45) is 0 Å². The molecule has 0 spiro atoms. The largest absolute Gasteiger partial charge is 0.379 e. The molecule has 1 nitrogen and oxygen atoms in total. The van der Waals surface area contributed by atoms with Gasteiger partial charge in [0.05, 0.1) is 5.69 Å². The number of anilines is 1. The lowest BCUT2D eigenvalue weighted by Gasteiger charge is -2.37. The fraction of sp³-hybridized carbons (Fsp3) is 0.250. The first-order chi connectivity index (χ1) is 10.0. The highest BCUT2D eigenvalue weighted by molar-refractivity contribution is 9.10. The molecule has 1 saturated carbocycles. The van der Waals surface area contributed by atoms with E-state index in [-0.39, 0.29) is 23.5 Å². The van der Waals surface area contributed by atoms with Gasteiger partial charge in [0.1, 0.15) is 17.5 Å². The summed E-state index contributed by atoms with van der Waals surface area (Å²) in [6.45, 7) is 0. The van der Waals surface area contributed by atoms with Crippen molar-refractivity contribution >= 4 is 21.6 Å². The minimum atomic E-state index is -0.629. The molecule has 21 heavy (non-hydrogen) atoms. The Morgan fingerprint density at radius 3 is 2.38 bits per heavy atom. The van der Waals surface area contributed by atoms with E-state index in [9.17, 15) is 13.2 Å². The van der Waals surface area contributed by atoms with Crippen molar-refractivity contribution in [3.63, 3.8) is 0 Å². The summed E-state index contributed by atoms with van der Waals surface area (Å²) >= 11 is 3.15. The molecule has 0 aliphatic heterocycles. The zero-order valence-corrected chi connectivity index (χ0v) is 12.6. The van der Waals surface area contributed by atoms with E-state index in [1.54, 1.807) is 12.1 Å². The first-order valence-corrected chi connectivity index (χ1v) is 7.49. The monoisotopic (exact) mass is 355 g/mol. The third-order valence-electron chi connectivity index (χ3n) is 3.84. The van der Waals surface area contributed by atoms with Crippen LogP contribution in [0.1, 0.15) is 24.3 Å². The molecule has 2 aromatic carbocycles. The molecule has 1 fully saturated rings. The summed E-state index contributed by atoms with van der Waals surface area (Å²) in [4.78, 5) is 0. The van der Waals surface area contributed by atoms with Crippen molar-refractivity contribution < 1.29 is 13.2 Å². The average molecular weight is 356 g/mol. The lowest BCUT2D eigenvalue weighted by molar-refractivity contribution is 0.362. The van der Waals surface area contributed by atoms with Crippen molar-refractivity contribution in [3.8, 4) is 0 Å². The smallest absolute Gasteiger partial charge is 0.150 e. The fourth-order valence-corrected chi connectivity index (χ4v) is 3.20. The minimum Gasteiger partial charge on any atom is -0.379 e. The second-order valence-corrected chi connectivity index (χ2v) is 6.13. The van der Waals surface area contributed by atoms with Crippen LogP contribution in [0.2, 0.25) is 0 Å². The summed E-state index contributed by atoms with van der Waals surface area (Å²) < 4.78 is 40.8. The van der Waals surface area contributed by atoms with E-state index in [1.165, 1.54) is 12.1 Å². The van der Waals surface area contributed by atoms with Gasteiger partial charge in [0.15, 0.2) is 0 Å². The summed E-state index contributed by atoms with van der Waals surface area (Å²) in [5.74, 6) is -1.31. The lowest BCUT2D eigenvalue weighted by Crippen LogP contribution is -2.34. The van der Waals surface area contributed by atoms with E-state index in [1.807, 2.05) is 6.07 Å². The molecule has 0 heterocycles. The number of nitrogens with one attached hydrogen (secondary N) is 1. The topological polar surface area (TPSA) is 12.0 Å². The van der Waals surface area contributed by atoms with Gasteiger partial charge in [-0.3, -0.25) is 0 Å². The maximum atomic E-state index is 13.7. The van der Waals surface area contributed by atoms with Crippen LogP contribution in [0.15, 0.2) is 40.9 Å². The second-order valence-electron chi connectivity index (χ2n) is 5.28. The van der Waals surface area contributed by atoms with Crippen molar-refractivity contribution in [1.29, 1.82) is 0 Å². The number of hydrogen-bond donors (Lipinski definition) is 1. The SMILES string of the molecule is Fc1cc(F)c(NC2CC(c3ccccc3F)C2)c(Br)c1. The molecule has 1 aliphatic carbocycles. The Bertz CT molecular complexity index is 645. The Morgan fingerprint density at radius 2 is 1.71 bits per heavy atom. The van der Waals surface area contributed by atoms with Crippen molar-refractivity contribution in [2.45, 2.75) is 24.8 Å². The standard InChI is InChI=1S/C16H13BrF3N/c17-13-7-10(18)8-15(20)16(13)21-11-5-9(6-11)12-3-1-2-4-14(12)19/h1-4,7-9,11,21H,5-6H2. The van der Waals surface area contributed by atoms with E-state index >= 15 is 0 Å². The van der Waals surface area contributed by atoms with E-state index in [4.69, 9.17) is 0 Å². The number of benzene rings is 2. The number of halogens is 4. The van der Waals surface area contributed by atoms with Gasteiger partial charge in [0.25, 0.3) is 0 Å². The van der Waals surface area contributed by atoms with Crippen molar-refractivity contribution in [3.05, 3.63) is 63.9 Å². The van der Waals surface area contributed by atoms with E-state index in [2.05, 4.69) is 21.2 Å². The van der Waals surface area contributed by atoms with Crippen LogP contribution in [-0.2, 0) is 0 Å². The van der Waals surface area contributed by atoms with E-state index in [0.717, 1.165) is 18.9 Å². The predicted molar refractivity (Wildman–Crippen MR) is 79.8 cm³/mol. The summed E-state index contributed by atoms with van der Waals surface area (Å²) in [5.41, 5.74) is 0.961. The average Bonchev–Trinajstić information content (AvgIpc) is 2.37. The lowest BCUT2D eigenvalue weighted by atomic mass is 9.75. The van der Waals surface area contributed by atoms with E-state index in [0.29, 0.717) is 10.0 Å². The molecule has 0 amide bonds. The van der Waals surface area contributed by atoms with Crippen molar-refractivity contribution in [1.82, 2.24) is 0 Å². The molecule has 0 aromatic heterocycles. The normalized spacial score (nSPS) is 21.0. The first-order valence-electron chi connectivity index (χ1n) is 6.70. The van der Waals surface area contributed by atoms with Gasteiger partial charge in [0.2, 0.25) is 0 Å². The third-order valence-corrected chi connectivity index (χ3v) is 4.46. The van der Waals surface area contributed by atoms with Gasteiger partial charge in [-0.15, -0.1) is 0 Å². The zero-order chi connectivity index (χ0) is 15.0. The molecule has 0 unspecified atom stereocenters. The van der Waals surface area contributed by atoms with Crippen LogP contribution >= 0.6 is 15.9 Å². The van der Waals surface area contributed by atoms with Gasteiger partial charge in [0, 0.05) is 16.6 Å². The van der Waals surface area contributed by atoms with Gasteiger partial charge in [-0.25, -0.2) is 13.2 Å². The molecule has 0 bridgehead atoms. The quantitative estimate of drug-likeness (QED) is 0.795. The summed E-state index contributed by atoms with van der Waals surface area (Å²) in [5, 5.41) is 3.05. The number of rotatable bonds is 3. The highest BCUT2D eigenvalue weighted by Crippen LogP contribution is 2.40. The fourth-order valence-electron chi connectivity index (χ4n) is 2.68. The Kier molecular flexibility index (Phi) is 3.93. The van der Waals surface area contributed by atoms with Crippen LogP contribution in [0.4, 0.5) is 18.9 Å². The highest BCUT2D eigenvalue weighted by atomic mass is 79.9. The van der Waals surface area contributed by atoms with Gasteiger partial charge in [-0.2, -0.15) is 0 Å². The van der Waals surface area contributed by atoms with Crippen LogP contribution in [0.3, 0.4) is 0 Å². The molecular formula is C16H13BrF3N. The van der Waals surface area contributed by atoms with Gasteiger partial charge in [-0.05, 0) is 52.4 Å². The summed E-state index contributed by atoms with van der Waals surface area (Å²) in [7, 11) is 0. The molecule has 3 rings (SSSR count). The molecular weight excluding hydrogens is 343 g/mol. The van der Waals surface area contributed by atoms with Crippen LogP contribution in [0.5, 0.6) is 0 Å². The summed E-state index contributed by atoms with van der Waals surface area (Å²) in [6.07, 6.45) is 1.45. The Morgan fingerprint density at radius 1 is 1.00 bits per heavy atom. The van der Waals surface area contributed by atoms with Crippen LogP contribution in [0, 0.1) is 17.5 Å². The van der Waals surface area contributed by atoms with Crippen LogP contribution in [0.25, 0.3) is 0 Å². The Labute approximate surface area is 129 Å². The minimum absolute atomic E-state index is 0.0610. The highest BCUT2D eigenvalue weighted by Gasteiger charge is 2.32. The number of hydrogen-bond acceptors (Lipinski definition) is 1. The molecule has 2 aromatic rings. The second kappa shape index (κ2) is 5.72. The Balaban J connectivity index is 1.67. The molecule has 0 saturated heterocycles. The van der Waals surface area contributed by atoms with Gasteiger partial charge in [-0.1, -0.05) is 18.2 Å². The van der Waals surface area contributed by atoms with E-state index < -0.39 is 11.6 Å².